The van der Waals surface area contributed by atoms with Gasteiger partial charge in [0.1, 0.15) is 6.10 Å². The number of aliphatic hydroxyl groups excluding tert-OH is 2. The van der Waals surface area contributed by atoms with Crippen molar-refractivity contribution >= 4 is 11.9 Å². The number of methoxy groups -OCH3 is 1. The second-order valence-electron chi connectivity index (χ2n) is 13.6. The summed E-state index contributed by atoms with van der Waals surface area (Å²) in [6, 6.07) is 0. The molecule has 4 heterocycles. The van der Waals surface area contributed by atoms with E-state index in [2.05, 4.69) is 6.58 Å². The normalized spacial score (nSPS) is 39.7. The highest BCUT2D eigenvalue weighted by molar-refractivity contribution is 5.83. The third-order valence-corrected chi connectivity index (χ3v) is 9.24. The number of hydrogen-bond acceptors (Lipinski definition) is 12. The number of fused-ring (bicyclic) bond motifs is 6. The summed E-state index contributed by atoms with van der Waals surface area (Å²) in [5.41, 5.74) is -0.962. The fourth-order valence-corrected chi connectivity index (χ4v) is 6.73. The molecule has 46 heavy (non-hydrogen) atoms. The number of ether oxygens (including phenoxy) is 7. The summed E-state index contributed by atoms with van der Waals surface area (Å²) < 4.78 is 41.5. The van der Waals surface area contributed by atoms with Crippen molar-refractivity contribution in [2.24, 2.45) is 5.41 Å². The van der Waals surface area contributed by atoms with Gasteiger partial charge in [-0.3, -0.25) is 4.79 Å². The number of esters is 2. The van der Waals surface area contributed by atoms with E-state index in [1.165, 1.54) is 20.1 Å². The van der Waals surface area contributed by atoms with E-state index in [1.54, 1.807) is 32.9 Å². The zero-order chi connectivity index (χ0) is 33.6. The van der Waals surface area contributed by atoms with Crippen molar-refractivity contribution in [3.05, 3.63) is 36.1 Å². The fourth-order valence-electron chi connectivity index (χ4n) is 6.73. The van der Waals surface area contributed by atoms with Gasteiger partial charge in [-0.15, -0.1) is 0 Å². The Labute approximate surface area is 271 Å². The van der Waals surface area contributed by atoms with Gasteiger partial charge >= 0.3 is 11.9 Å². The lowest BCUT2D eigenvalue weighted by molar-refractivity contribution is -0.327. The van der Waals surface area contributed by atoms with E-state index >= 15 is 0 Å². The minimum Gasteiger partial charge on any atom is -0.493 e. The molecule has 6 bridgehead atoms. The average Bonchev–Trinajstić information content (AvgIpc) is 2.97. The molecule has 0 saturated carbocycles. The largest absolute Gasteiger partial charge is 0.493 e. The summed E-state index contributed by atoms with van der Waals surface area (Å²) in [5.74, 6) is -3.27. The summed E-state index contributed by atoms with van der Waals surface area (Å²) in [7, 11) is 1.23. The van der Waals surface area contributed by atoms with Crippen molar-refractivity contribution in [2.45, 2.75) is 146 Å². The Bertz CT molecular complexity index is 1130. The number of aliphatic hydroxyl groups is 3. The second-order valence-corrected chi connectivity index (χ2v) is 13.6. The SMILES string of the molecule is C=C1C[C@H](O)C[C@@H]2CCC[C@H](C[C@@H]3CCO[C@H](/C=C/C(C)(C)[C@]4(O)O[C@@H](C/C(=C\C(=O)OC)[C@@H]4OC(C)=O)C[C@H]([C@@H](C)O)O1)O3)O2. The van der Waals surface area contributed by atoms with Gasteiger partial charge in [0.05, 0.1) is 56.1 Å². The molecule has 12 nitrogen and oxygen atoms in total. The van der Waals surface area contributed by atoms with Crippen molar-refractivity contribution < 1.29 is 58.1 Å². The minimum atomic E-state index is -2.19. The maximum Gasteiger partial charge on any atom is 0.330 e. The van der Waals surface area contributed by atoms with Crippen LogP contribution in [0.15, 0.2) is 36.1 Å². The van der Waals surface area contributed by atoms with Crippen LogP contribution in [0, 0.1) is 5.41 Å². The van der Waals surface area contributed by atoms with Crippen LogP contribution < -0.4 is 0 Å². The van der Waals surface area contributed by atoms with E-state index in [0.717, 1.165) is 19.3 Å². The van der Waals surface area contributed by atoms with Crippen molar-refractivity contribution in [2.75, 3.05) is 13.7 Å². The lowest BCUT2D eigenvalue weighted by atomic mass is 9.74. The highest BCUT2D eigenvalue weighted by Crippen LogP contribution is 2.47. The van der Waals surface area contributed by atoms with Crippen molar-refractivity contribution in [3.63, 3.8) is 0 Å². The molecule has 4 aliphatic rings. The molecule has 0 aromatic rings. The minimum absolute atomic E-state index is 0.0161. The molecule has 4 aliphatic heterocycles. The van der Waals surface area contributed by atoms with Crippen LogP contribution in [-0.4, -0.2) is 102 Å². The summed E-state index contributed by atoms with van der Waals surface area (Å²) >= 11 is 0. The van der Waals surface area contributed by atoms with Crippen LogP contribution in [0.1, 0.15) is 85.5 Å². The molecule has 0 spiro atoms. The van der Waals surface area contributed by atoms with Crippen LogP contribution in [0.2, 0.25) is 0 Å². The maximum absolute atomic E-state index is 12.5. The van der Waals surface area contributed by atoms with Gasteiger partial charge in [0.15, 0.2) is 12.4 Å². The lowest BCUT2D eigenvalue weighted by Gasteiger charge is -2.51. The van der Waals surface area contributed by atoms with Crippen LogP contribution in [0.25, 0.3) is 0 Å². The molecule has 3 fully saturated rings. The third-order valence-electron chi connectivity index (χ3n) is 9.24. The Morgan fingerprint density at radius 3 is 2.43 bits per heavy atom. The summed E-state index contributed by atoms with van der Waals surface area (Å²) in [6.07, 6.45) is 3.74. The van der Waals surface area contributed by atoms with Crippen LogP contribution in [0.4, 0.5) is 0 Å². The summed E-state index contributed by atoms with van der Waals surface area (Å²) in [6.45, 7) is 10.7. The van der Waals surface area contributed by atoms with Gasteiger partial charge in [-0.25, -0.2) is 4.79 Å². The predicted molar refractivity (Wildman–Crippen MR) is 165 cm³/mol. The zero-order valence-electron chi connectivity index (χ0n) is 27.7. The predicted octanol–water partition coefficient (Wildman–Crippen LogP) is 3.36. The lowest BCUT2D eigenvalue weighted by Crippen LogP contribution is -2.62. The Morgan fingerprint density at radius 1 is 1.07 bits per heavy atom. The van der Waals surface area contributed by atoms with Crippen LogP contribution in [0.5, 0.6) is 0 Å². The Morgan fingerprint density at radius 2 is 1.76 bits per heavy atom. The first kappa shape index (κ1) is 36.5. The van der Waals surface area contributed by atoms with Crippen LogP contribution in [0.3, 0.4) is 0 Å². The van der Waals surface area contributed by atoms with Gasteiger partial charge in [-0.2, -0.15) is 0 Å². The van der Waals surface area contributed by atoms with Crippen molar-refractivity contribution in [1.29, 1.82) is 0 Å². The van der Waals surface area contributed by atoms with Gasteiger partial charge in [0, 0.05) is 31.3 Å². The first-order valence-electron chi connectivity index (χ1n) is 16.4. The number of hydrogen-bond donors (Lipinski definition) is 3. The first-order valence-corrected chi connectivity index (χ1v) is 16.4. The molecule has 0 amide bonds. The maximum atomic E-state index is 12.5. The van der Waals surface area contributed by atoms with E-state index in [-0.39, 0.29) is 43.1 Å². The van der Waals surface area contributed by atoms with Crippen LogP contribution in [-0.2, 0) is 42.7 Å². The molecule has 12 heteroatoms. The monoisotopic (exact) mass is 652 g/mol. The Kier molecular flexibility index (Phi) is 12.5. The van der Waals surface area contributed by atoms with Gasteiger partial charge in [0.25, 0.3) is 0 Å². The van der Waals surface area contributed by atoms with E-state index < -0.39 is 60.0 Å². The van der Waals surface area contributed by atoms with E-state index in [1.807, 2.05) is 0 Å². The molecular formula is C34H52O12. The molecule has 4 rings (SSSR count). The molecule has 3 N–H and O–H groups in total. The van der Waals surface area contributed by atoms with Crippen molar-refractivity contribution in [3.8, 4) is 0 Å². The van der Waals surface area contributed by atoms with Crippen molar-refractivity contribution in [1.82, 2.24) is 0 Å². The highest BCUT2D eigenvalue weighted by atomic mass is 16.7. The second kappa shape index (κ2) is 15.7. The quantitative estimate of drug-likeness (QED) is 0.232. The molecule has 0 aromatic carbocycles. The number of carbonyl (C=O) groups excluding carboxylic acids is 2. The molecule has 0 radical (unpaired) electrons. The Balaban J connectivity index is 1.72. The Hall–Kier alpha value is -2.32. The molecular weight excluding hydrogens is 600 g/mol. The van der Waals surface area contributed by atoms with E-state index in [4.69, 9.17) is 33.2 Å². The molecule has 0 unspecified atom stereocenters. The highest BCUT2D eigenvalue weighted by Gasteiger charge is 2.57. The fraction of sp³-hybridized carbons (Fsp3) is 0.765. The molecule has 10 atom stereocenters. The molecule has 0 aromatic heterocycles. The standard InChI is InChI=1S/C34H52O12/c1-20-14-24(37)17-25-8-7-9-26(44-25)18-27-11-13-41-31(45-27)10-12-33(4,5)34(39)32(43-22(3)36)23(16-30(38)40-6)15-28(46-34)19-29(42-20)21(2)35/h10,12,16,21,24-29,31-32,35,37,39H,1,7-9,11,13-15,17-19H2,2-6H3/b12-10+,23-16+/t21-,24+,25+,26-,27+,28+,29-,31+,32+,34-/m1/s1. The van der Waals surface area contributed by atoms with E-state index in [0.29, 0.717) is 31.6 Å². The first-order chi connectivity index (χ1) is 21.7. The summed E-state index contributed by atoms with van der Waals surface area (Å²) in [4.78, 5) is 24.8. The van der Waals surface area contributed by atoms with Gasteiger partial charge in [0.2, 0.25) is 5.79 Å². The average molecular weight is 653 g/mol. The molecule has 0 aliphatic carbocycles. The summed E-state index contributed by atoms with van der Waals surface area (Å²) in [5, 5.41) is 34.0. The van der Waals surface area contributed by atoms with Gasteiger partial charge < -0.3 is 48.5 Å². The van der Waals surface area contributed by atoms with Gasteiger partial charge in [-0.1, -0.05) is 26.5 Å². The zero-order valence-corrected chi connectivity index (χ0v) is 27.7. The molecule has 260 valence electrons. The number of carbonyl (C=O) groups is 2. The van der Waals surface area contributed by atoms with Crippen LogP contribution >= 0.6 is 0 Å². The number of rotatable bonds is 3. The van der Waals surface area contributed by atoms with Gasteiger partial charge in [-0.05, 0) is 63.5 Å². The topological polar surface area (TPSA) is 159 Å². The smallest absolute Gasteiger partial charge is 0.330 e. The third kappa shape index (κ3) is 9.40. The van der Waals surface area contributed by atoms with E-state index in [9.17, 15) is 24.9 Å². The molecule has 3 saturated heterocycles.